The number of nitrogens with zero attached hydrogens (tertiary/aromatic N) is 4. The van der Waals surface area contributed by atoms with E-state index in [0.29, 0.717) is 12.5 Å². The van der Waals surface area contributed by atoms with Crippen molar-refractivity contribution in [1.82, 2.24) is 19.9 Å². The largest absolute Gasteiger partial charge is 0.361 e. The first-order chi connectivity index (χ1) is 8.78. The van der Waals surface area contributed by atoms with Crippen molar-refractivity contribution >= 4 is 11.8 Å². The molecule has 2 aromatic heterocycles. The van der Waals surface area contributed by atoms with Gasteiger partial charge in [-0.1, -0.05) is 16.9 Å². The van der Waals surface area contributed by atoms with Crippen LogP contribution in [0.4, 0.5) is 0 Å². The molecule has 1 aliphatic rings. The molecule has 0 aliphatic heterocycles. The number of aromatic nitrogens is 4. The van der Waals surface area contributed by atoms with Crippen LogP contribution in [0, 0.1) is 0 Å². The summed E-state index contributed by atoms with van der Waals surface area (Å²) in [6.07, 6.45) is 2.45. The number of rotatable bonds is 5. The first-order valence-electron chi connectivity index (χ1n) is 5.94. The first kappa shape index (κ1) is 11.7. The predicted molar refractivity (Wildman–Crippen MR) is 66.9 cm³/mol. The van der Waals surface area contributed by atoms with Crippen molar-refractivity contribution < 1.29 is 4.52 Å². The summed E-state index contributed by atoms with van der Waals surface area (Å²) in [6.45, 7) is 0.403. The molecular formula is C11H15N5OS. The molecule has 6 nitrogen and oxygen atoms in total. The van der Waals surface area contributed by atoms with Crippen LogP contribution in [0.25, 0.3) is 0 Å². The van der Waals surface area contributed by atoms with Crippen molar-refractivity contribution in [2.75, 3.05) is 0 Å². The van der Waals surface area contributed by atoms with Crippen LogP contribution >= 0.6 is 11.8 Å². The summed E-state index contributed by atoms with van der Waals surface area (Å²) in [6, 6.07) is 2.05. The lowest BCUT2D eigenvalue weighted by Crippen LogP contribution is -2.05. The van der Waals surface area contributed by atoms with E-state index >= 15 is 0 Å². The Hall–Kier alpha value is -1.34. The first-order valence-corrected chi connectivity index (χ1v) is 6.93. The standard InChI is InChI=1S/C11H15N5OS/c1-16-10(5-12)13-14-11(16)18-6-8-4-9(17-15-8)7-2-3-7/h4,7H,2-3,5-6,12H2,1H3. The molecule has 0 unspecified atom stereocenters. The van der Waals surface area contributed by atoms with Crippen LogP contribution < -0.4 is 5.73 Å². The van der Waals surface area contributed by atoms with Gasteiger partial charge >= 0.3 is 0 Å². The molecular weight excluding hydrogens is 250 g/mol. The summed E-state index contributed by atoms with van der Waals surface area (Å²) < 4.78 is 7.22. The van der Waals surface area contributed by atoms with Gasteiger partial charge in [0, 0.05) is 24.8 Å². The molecule has 2 aromatic rings. The zero-order valence-electron chi connectivity index (χ0n) is 10.2. The summed E-state index contributed by atoms with van der Waals surface area (Å²) in [5.41, 5.74) is 6.51. The van der Waals surface area contributed by atoms with Crippen LogP contribution in [-0.4, -0.2) is 19.9 Å². The summed E-state index contributed by atoms with van der Waals surface area (Å²) >= 11 is 1.59. The lowest BCUT2D eigenvalue weighted by Gasteiger charge is -1.99. The summed E-state index contributed by atoms with van der Waals surface area (Å²) in [7, 11) is 1.92. The van der Waals surface area contributed by atoms with Crippen molar-refractivity contribution in [2.24, 2.45) is 12.8 Å². The van der Waals surface area contributed by atoms with Gasteiger partial charge in [0.25, 0.3) is 0 Å². The van der Waals surface area contributed by atoms with E-state index in [2.05, 4.69) is 15.4 Å². The molecule has 0 aromatic carbocycles. The van der Waals surface area contributed by atoms with Crippen LogP contribution in [0.2, 0.25) is 0 Å². The lowest BCUT2D eigenvalue weighted by molar-refractivity contribution is 0.380. The van der Waals surface area contributed by atoms with Crippen molar-refractivity contribution in [1.29, 1.82) is 0 Å². The third-order valence-electron chi connectivity index (χ3n) is 3.01. The number of hydrogen-bond donors (Lipinski definition) is 1. The Balaban J connectivity index is 1.63. The average Bonchev–Trinajstić information content (AvgIpc) is 3.02. The highest BCUT2D eigenvalue weighted by molar-refractivity contribution is 7.98. The second-order valence-electron chi connectivity index (χ2n) is 4.45. The molecule has 0 atom stereocenters. The van der Waals surface area contributed by atoms with Crippen LogP contribution in [-0.2, 0) is 19.3 Å². The van der Waals surface area contributed by atoms with Crippen LogP contribution in [0.5, 0.6) is 0 Å². The molecule has 96 valence electrons. The van der Waals surface area contributed by atoms with Gasteiger partial charge in [0.1, 0.15) is 11.6 Å². The highest BCUT2D eigenvalue weighted by Gasteiger charge is 2.27. The van der Waals surface area contributed by atoms with Gasteiger partial charge in [0.15, 0.2) is 5.16 Å². The molecule has 1 saturated carbocycles. The van der Waals surface area contributed by atoms with E-state index in [1.54, 1.807) is 11.8 Å². The molecule has 3 rings (SSSR count). The smallest absolute Gasteiger partial charge is 0.191 e. The fraction of sp³-hybridized carbons (Fsp3) is 0.545. The summed E-state index contributed by atoms with van der Waals surface area (Å²) in [4.78, 5) is 0. The van der Waals surface area contributed by atoms with Crippen molar-refractivity contribution in [2.45, 2.75) is 36.2 Å². The minimum Gasteiger partial charge on any atom is -0.361 e. The minimum absolute atomic E-state index is 0.403. The van der Waals surface area contributed by atoms with Crippen molar-refractivity contribution in [3.05, 3.63) is 23.3 Å². The maximum atomic E-state index is 5.55. The normalized spacial score (nSPS) is 15.2. The van der Waals surface area contributed by atoms with Gasteiger partial charge in [0.05, 0.1) is 12.2 Å². The van der Waals surface area contributed by atoms with E-state index in [-0.39, 0.29) is 0 Å². The SMILES string of the molecule is Cn1c(CN)nnc1SCc1cc(C2CC2)on1. The van der Waals surface area contributed by atoms with Gasteiger partial charge in [-0.05, 0) is 12.8 Å². The van der Waals surface area contributed by atoms with Gasteiger partial charge in [-0.25, -0.2) is 0 Å². The van der Waals surface area contributed by atoms with E-state index in [1.807, 2.05) is 17.7 Å². The van der Waals surface area contributed by atoms with Gasteiger partial charge in [-0.2, -0.15) is 0 Å². The molecule has 18 heavy (non-hydrogen) atoms. The number of hydrogen-bond acceptors (Lipinski definition) is 6. The van der Waals surface area contributed by atoms with E-state index in [9.17, 15) is 0 Å². The van der Waals surface area contributed by atoms with Crippen LogP contribution in [0.3, 0.4) is 0 Å². The third kappa shape index (κ3) is 2.28. The Morgan fingerprint density at radius 1 is 1.50 bits per heavy atom. The van der Waals surface area contributed by atoms with E-state index in [0.717, 1.165) is 28.2 Å². The molecule has 0 radical (unpaired) electrons. The molecule has 1 fully saturated rings. The molecule has 0 bridgehead atoms. The van der Waals surface area contributed by atoms with E-state index in [4.69, 9.17) is 10.3 Å². The quantitative estimate of drug-likeness (QED) is 0.823. The molecule has 0 spiro atoms. The molecule has 0 amide bonds. The van der Waals surface area contributed by atoms with Crippen LogP contribution in [0.15, 0.2) is 15.7 Å². The topological polar surface area (TPSA) is 82.8 Å². The second kappa shape index (κ2) is 4.74. The second-order valence-corrected chi connectivity index (χ2v) is 5.39. The summed E-state index contributed by atoms with van der Waals surface area (Å²) in [5, 5.41) is 13.0. The van der Waals surface area contributed by atoms with Gasteiger partial charge < -0.3 is 14.8 Å². The molecule has 0 saturated heterocycles. The maximum Gasteiger partial charge on any atom is 0.191 e. The number of thioether (sulfide) groups is 1. The van der Waals surface area contributed by atoms with Crippen LogP contribution in [0.1, 0.15) is 36.0 Å². The van der Waals surface area contributed by atoms with Gasteiger partial charge in [-0.15, -0.1) is 10.2 Å². The zero-order chi connectivity index (χ0) is 12.5. The predicted octanol–water partition coefficient (Wildman–Crippen LogP) is 1.43. The third-order valence-corrected chi connectivity index (χ3v) is 4.07. The van der Waals surface area contributed by atoms with E-state index in [1.165, 1.54) is 12.8 Å². The molecule has 2 N–H and O–H groups in total. The van der Waals surface area contributed by atoms with Crippen molar-refractivity contribution in [3.63, 3.8) is 0 Å². The van der Waals surface area contributed by atoms with E-state index < -0.39 is 0 Å². The minimum atomic E-state index is 0.403. The zero-order valence-corrected chi connectivity index (χ0v) is 11.0. The Morgan fingerprint density at radius 2 is 2.33 bits per heavy atom. The average molecular weight is 265 g/mol. The molecule has 1 aliphatic carbocycles. The van der Waals surface area contributed by atoms with Gasteiger partial charge in [0.2, 0.25) is 0 Å². The fourth-order valence-electron chi connectivity index (χ4n) is 1.74. The number of nitrogens with two attached hydrogens (primary N) is 1. The maximum absolute atomic E-state index is 5.55. The highest BCUT2D eigenvalue weighted by atomic mass is 32.2. The monoisotopic (exact) mass is 265 g/mol. The Kier molecular flexibility index (Phi) is 3.09. The summed E-state index contributed by atoms with van der Waals surface area (Å²) in [5.74, 6) is 3.16. The highest BCUT2D eigenvalue weighted by Crippen LogP contribution is 2.40. The van der Waals surface area contributed by atoms with Gasteiger partial charge in [-0.3, -0.25) is 0 Å². The Bertz CT molecular complexity index is 545. The fourth-order valence-corrected chi connectivity index (χ4v) is 2.55. The lowest BCUT2D eigenvalue weighted by atomic mass is 10.3. The Labute approximate surface area is 109 Å². The Morgan fingerprint density at radius 3 is 3.00 bits per heavy atom. The molecule has 2 heterocycles. The van der Waals surface area contributed by atoms with Crippen molar-refractivity contribution in [3.8, 4) is 0 Å². The molecule has 7 heteroatoms.